The number of carbonyl (C=O) groups is 2. The third-order valence-electron chi connectivity index (χ3n) is 5.13. The van der Waals surface area contributed by atoms with Crippen LogP contribution in [-0.4, -0.2) is 33.9 Å². The van der Waals surface area contributed by atoms with Gasteiger partial charge in [0, 0.05) is 47.1 Å². The molecule has 0 aliphatic carbocycles. The van der Waals surface area contributed by atoms with Gasteiger partial charge < -0.3 is 20.1 Å². The van der Waals surface area contributed by atoms with E-state index in [-0.39, 0.29) is 12.2 Å². The second-order valence-corrected chi connectivity index (χ2v) is 7.81. The molecule has 164 valence electrons. The maximum absolute atomic E-state index is 13.3. The van der Waals surface area contributed by atoms with Crippen LogP contribution in [-0.2, 0) is 11.3 Å². The number of para-hydroxylation sites is 1. The minimum Gasteiger partial charge on any atom is -0.491 e. The molecule has 0 unspecified atom stereocenters. The number of rotatable bonds is 12. The van der Waals surface area contributed by atoms with Gasteiger partial charge in [-0.1, -0.05) is 24.6 Å². The van der Waals surface area contributed by atoms with Gasteiger partial charge >= 0.3 is 5.97 Å². The summed E-state index contributed by atoms with van der Waals surface area (Å²) in [6.07, 6.45) is 5.08. The van der Waals surface area contributed by atoms with Crippen molar-refractivity contribution in [2.45, 2.75) is 38.6 Å². The number of carbonyl (C=O) groups excluding carboxylic acids is 1. The number of ketones is 1. The number of fused-ring (bicyclic) bond motifs is 1. The first kappa shape index (κ1) is 22.7. The maximum atomic E-state index is 13.3. The fourth-order valence-corrected chi connectivity index (χ4v) is 3.65. The molecule has 31 heavy (non-hydrogen) atoms. The molecule has 0 aliphatic rings. The van der Waals surface area contributed by atoms with E-state index < -0.39 is 5.97 Å². The molecule has 0 fully saturated rings. The van der Waals surface area contributed by atoms with Crippen LogP contribution >= 0.6 is 11.6 Å². The summed E-state index contributed by atoms with van der Waals surface area (Å²) in [7, 11) is 0. The maximum Gasteiger partial charge on any atom is 0.303 e. The molecule has 7 heteroatoms. The second kappa shape index (κ2) is 10.9. The highest BCUT2D eigenvalue weighted by molar-refractivity contribution is 6.18. The smallest absolute Gasteiger partial charge is 0.303 e. The summed E-state index contributed by atoms with van der Waals surface area (Å²) in [5.74, 6) is 0.115. The summed E-state index contributed by atoms with van der Waals surface area (Å²) >= 11 is 5.70. The predicted molar refractivity (Wildman–Crippen MR) is 123 cm³/mol. The van der Waals surface area contributed by atoms with Gasteiger partial charge in [0.1, 0.15) is 5.75 Å². The van der Waals surface area contributed by atoms with Crippen LogP contribution in [0.3, 0.4) is 0 Å². The number of carboxylic acid groups (broad SMARTS) is 1. The van der Waals surface area contributed by atoms with E-state index in [1.165, 1.54) is 0 Å². The molecular weight excluding hydrogens is 416 g/mol. The number of hydrogen-bond donors (Lipinski definition) is 2. The number of halogens is 1. The Balaban J connectivity index is 1.81. The van der Waals surface area contributed by atoms with Crippen molar-refractivity contribution in [3.05, 3.63) is 59.8 Å². The molecule has 1 aromatic heterocycles. The number of aliphatic carboxylic acids is 1. The van der Waals surface area contributed by atoms with E-state index in [0.29, 0.717) is 47.9 Å². The van der Waals surface area contributed by atoms with Crippen LogP contribution in [0.15, 0.2) is 48.7 Å². The molecule has 0 atom stereocenters. The minimum absolute atomic E-state index is 0.0944. The quantitative estimate of drug-likeness (QED) is 0.176. The number of aryl methyl sites for hydroxylation is 1. The van der Waals surface area contributed by atoms with E-state index in [1.54, 1.807) is 18.2 Å². The lowest BCUT2D eigenvalue weighted by Gasteiger charge is -2.10. The highest BCUT2D eigenvalue weighted by Crippen LogP contribution is 2.28. The zero-order valence-corrected chi connectivity index (χ0v) is 18.1. The number of benzene rings is 2. The summed E-state index contributed by atoms with van der Waals surface area (Å²) in [4.78, 5) is 24.0. The zero-order valence-electron chi connectivity index (χ0n) is 17.4. The number of anilines is 1. The largest absolute Gasteiger partial charge is 0.491 e. The van der Waals surface area contributed by atoms with Gasteiger partial charge in [0.25, 0.3) is 0 Å². The highest BCUT2D eigenvalue weighted by Gasteiger charge is 2.18. The van der Waals surface area contributed by atoms with Gasteiger partial charge in [-0.25, -0.2) is 0 Å². The monoisotopic (exact) mass is 442 g/mol. The fourth-order valence-electron chi connectivity index (χ4n) is 3.54. The average molecular weight is 443 g/mol. The van der Waals surface area contributed by atoms with Gasteiger partial charge in [-0.2, -0.15) is 0 Å². The van der Waals surface area contributed by atoms with Gasteiger partial charge in [-0.15, -0.1) is 11.6 Å². The topological polar surface area (TPSA) is 94.6 Å². The summed E-state index contributed by atoms with van der Waals surface area (Å²) in [6.45, 7) is 1.16. The molecule has 6 nitrogen and oxygen atoms in total. The number of alkyl halides is 1. The Kier molecular flexibility index (Phi) is 7.95. The lowest BCUT2D eigenvalue weighted by atomic mass is 10.0. The summed E-state index contributed by atoms with van der Waals surface area (Å²) < 4.78 is 7.75. The Hall–Kier alpha value is -2.99. The van der Waals surface area contributed by atoms with Gasteiger partial charge in [0.05, 0.1) is 12.3 Å². The number of nitrogen functional groups attached to an aromatic ring is 1. The Labute approximate surface area is 186 Å². The molecule has 3 rings (SSSR count). The van der Waals surface area contributed by atoms with Gasteiger partial charge in [-0.05, 0) is 43.5 Å². The van der Waals surface area contributed by atoms with E-state index in [2.05, 4.69) is 4.57 Å². The van der Waals surface area contributed by atoms with Crippen molar-refractivity contribution in [3.63, 3.8) is 0 Å². The first-order chi connectivity index (χ1) is 15.0. The third-order valence-corrected chi connectivity index (χ3v) is 5.40. The summed E-state index contributed by atoms with van der Waals surface area (Å²) in [5, 5.41) is 9.66. The normalized spacial score (nSPS) is 11.0. The van der Waals surface area contributed by atoms with Crippen molar-refractivity contribution in [2.24, 2.45) is 0 Å². The SMILES string of the molecule is Nc1ccc(C(=O)c2cn(CCCCCC(=O)O)c3ccccc23)cc1OCCCCl. The van der Waals surface area contributed by atoms with Crippen molar-refractivity contribution in [1.29, 1.82) is 0 Å². The molecule has 3 aromatic rings. The van der Waals surface area contributed by atoms with Crippen LogP contribution in [0.25, 0.3) is 10.9 Å². The van der Waals surface area contributed by atoms with Gasteiger partial charge in [-0.3, -0.25) is 9.59 Å². The van der Waals surface area contributed by atoms with Gasteiger partial charge in [0.15, 0.2) is 5.78 Å². The van der Waals surface area contributed by atoms with E-state index in [9.17, 15) is 9.59 Å². The average Bonchev–Trinajstić information content (AvgIpc) is 3.13. The fraction of sp³-hybridized carbons (Fsp3) is 0.333. The number of nitrogens with zero attached hydrogens (tertiary/aromatic N) is 1. The van der Waals surface area contributed by atoms with Crippen molar-refractivity contribution in [2.75, 3.05) is 18.2 Å². The number of carboxylic acids is 1. The van der Waals surface area contributed by atoms with Crippen LogP contribution in [0.1, 0.15) is 48.0 Å². The molecule has 0 amide bonds. The number of aromatic nitrogens is 1. The Morgan fingerprint density at radius 2 is 1.87 bits per heavy atom. The van der Waals surface area contributed by atoms with E-state index in [0.717, 1.165) is 30.3 Å². The third kappa shape index (κ3) is 5.79. The molecule has 1 heterocycles. The summed E-state index contributed by atoms with van der Waals surface area (Å²) in [6, 6.07) is 12.9. The van der Waals surface area contributed by atoms with Gasteiger partial charge in [0.2, 0.25) is 0 Å². The number of nitrogens with two attached hydrogens (primary N) is 1. The Morgan fingerprint density at radius 1 is 1.06 bits per heavy atom. The molecule has 0 saturated heterocycles. The molecule has 3 N–H and O–H groups in total. The van der Waals surface area contributed by atoms with Crippen LogP contribution in [0.5, 0.6) is 5.75 Å². The molecule has 0 radical (unpaired) electrons. The van der Waals surface area contributed by atoms with Crippen LogP contribution in [0.4, 0.5) is 5.69 Å². The molecule has 0 saturated carbocycles. The van der Waals surface area contributed by atoms with Crippen molar-refractivity contribution >= 4 is 39.9 Å². The summed E-state index contributed by atoms with van der Waals surface area (Å²) in [5.41, 5.74) is 8.60. The lowest BCUT2D eigenvalue weighted by molar-refractivity contribution is -0.137. The molecular formula is C24H27ClN2O4. The standard InChI is InChI=1S/C24H27ClN2O4/c25-12-6-14-31-22-15-17(10-11-20(22)26)24(30)19-16-27(13-5-1-2-9-23(28)29)21-8-4-3-7-18(19)21/h3-4,7-8,10-11,15-16H,1-2,5-6,9,12-14,26H2,(H,28,29). The van der Waals surface area contributed by atoms with E-state index in [4.69, 9.17) is 27.2 Å². The number of hydrogen-bond acceptors (Lipinski definition) is 4. The van der Waals surface area contributed by atoms with E-state index >= 15 is 0 Å². The number of unbranched alkanes of at least 4 members (excludes halogenated alkanes) is 2. The Morgan fingerprint density at radius 3 is 2.65 bits per heavy atom. The molecule has 0 aliphatic heterocycles. The van der Waals surface area contributed by atoms with E-state index in [1.807, 2.05) is 30.5 Å². The van der Waals surface area contributed by atoms with Crippen LogP contribution in [0.2, 0.25) is 0 Å². The first-order valence-corrected chi connectivity index (χ1v) is 11.0. The van der Waals surface area contributed by atoms with Crippen molar-refractivity contribution in [3.8, 4) is 5.75 Å². The molecule has 2 aromatic carbocycles. The Bertz CT molecular complexity index is 1060. The highest BCUT2D eigenvalue weighted by atomic mass is 35.5. The zero-order chi connectivity index (χ0) is 22.2. The number of ether oxygens (including phenoxy) is 1. The molecule has 0 bridgehead atoms. The van der Waals surface area contributed by atoms with Crippen LogP contribution in [0, 0.1) is 0 Å². The lowest BCUT2D eigenvalue weighted by Crippen LogP contribution is -2.05. The van der Waals surface area contributed by atoms with Crippen molar-refractivity contribution in [1.82, 2.24) is 4.57 Å². The minimum atomic E-state index is -0.770. The second-order valence-electron chi connectivity index (χ2n) is 7.43. The first-order valence-electron chi connectivity index (χ1n) is 10.4. The van der Waals surface area contributed by atoms with Crippen molar-refractivity contribution < 1.29 is 19.4 Å². The predicted octanol–water partition coefficient (Wildman–Crippen LogP) is 5.11. The van der Waals surface area contributed by atoms with Crippen LogP contribution < -0.4 is 10.5 Å². The molecule has 0 spiro atoms.